The number of carboxylic acids is 1. The first-order valence-corrected chi connectivity index (χ1v) is 11.4. The number of aliphatic carboxylic acids is 1. The Balaban J connectivity index is 1.16. The molecule has 3 heterocycles. The molecular formula is C23H34N4O4. The van der Waals surface area contributed by atoms with Gasteiger partial charge in [0.15, 0.2) is 0 Å². The van der Waals surface area contributed by atoms with Gasteiger partial charge in [-0.2, -0.15) is 0 Å². The van der Waals surface area contributed by atoms with Crippen molar-refractivity contribution < 1.29 is 19.4 Å². The molecule has 0 saturated carbocycles. The van der Waals surface area contributed by atoms with Gasteiger partial charge in [0.25, 0.3) is 0 Å². The Morgan fingerprint density at radius 1 is 0.935 bits per heavy atom. The normalized spacial score (nSPS) is 24.5. The Morgan fingerprint density at radius 2 is 1.61 bits per heavy atom. The molecule has 31 heavy (non-hydrogen) atoms. The molecule has 1 N–H and O–H groups in total. The van der Waals surface area contributed by atoms with E-state index in [1.807, 2.05) is 9.80 Å². The number of carbonyl (C=O) groups excluding carboxylic acids is 1. The molecule has 3 aliphatic rings. The predicted octanol–water partition coefficient (Wildman–Crippen LogP) is 1.42. The summed E-state index contributed by atoms with van der Waals surface area (Å²) in [6.07, 6.45) is 1.97. The first-order valence-electron chi connectivity index (χ1n) is 11.4. The van der Waals surface area contributed by atoms with Gasteiger partial charge in [0.1, 0.15) is 6.10 Å². The lowest BCUT2D eigenvalue weighted by atomic mass is 9.96. The number of hydrogen-bond donors (Lipinski definition) is 1. The smallest absolute Gasteiger partial charge is 0.410 e. The van der Waals surface area contributed by atoms with Crippen molar-refractivity contribution in [2.45, 2.75) is 25.5 Å². The maximum absolute atomic E-state index is 12.4. The standard InChI is InChI=1S/C23H34N4O4/c28-22(29)18-26-12-10-25(11-13-26)16-21-17-27(23(30)31-21)15-20-6-8-24(9-7-20)14-19-4-2-1-3-5-19/h1-5,20-21H,6-18H2,(H,28,29). The van der Waals surface area contributed by atoms with E-state index in [2.05, 4.69) is 40.1 Å². The average Bonchev–Trinajstić information content (AvgIpc) is 3.10. The minimum absolute atomic E-state index is 0.0864. The summed E-state index contributed by atoms with van der Waals surface area (Å²) in [4.78, 5) is 31.8. The molecule has 1 aromatic rings. The molecule has 1 aromatic carbocycles. The predicted molar refractivity (Wildman–Crippen MR) is 117 cm³/mol. The summed E-state index contributed by atoms with van der Waals surface area (Å²) >= 11 is 0. The van der Waals surface area contributed by atoms with Crippen molar-refractivity contribution in [1.82, 2.24) is 19.6 Å². The number of benzene rings is 1. The largest absolute Gasteiger partial charge is 0.480 e. The van der Waals surface area contributed by atoms with Crippen LogP contribution in [0.3, 0.4) is 0 Å². The third-order valence-electron chi connectivity index (χ3n) is 6.67. The lowest BCUT2D eigenvalue weighted by molar-refractivity contribution is -0.138. The Hall–Kier alpha value is -2.16. The van der Waals surface area contributed by atoms with Crippen LogP contribution in [0, 0.1) is 5.92 Å². The Bertz CT molecular complexity index is 730. The van der Waals surface area contributed by atoms with E-state index < -0.39 is 5.97 Å². The highest BCUT2D eigenvalue weighted by Gasteiger charge is 2.35. The van der Waals surface area contributed by atoms with Crippen LogP contribution in [0.1, 0.15) is 18.4 Å². The van der Waals surface area contributed by atoms with Crippen molar-refractivity contribution >= 4 is 12.1 Å². The van der Waals surface area contributed by atoms with Crippen molar-refractivity contribution in [3.63, 3.8) is 0 Å². The van der Waals surface area contributed by atoms with Crippen molar-refractivity contribution in [2.24, 2.45) is 5.92 Å². The molecule has 3 aliphatic heterocycles. The van der Waals surface area contributed by atoms with Crippen LogP contribution >= 0.6 is 0 Å². The topological polar surface area (TPSA) is 76.6 Å². The van der Waals surface area contributed by atoms with E-state index in [9.17, 15) is 9.59 Å². The van der Waals surface area contributed by atoms with Gasteiger partial charge in [-0.25, -0.2) is 4.79 Å². The molecule has 0 bridgehead atoms. The number of carboxylic acid groups (broad SMARTS) is 1. The van der Waals surface area contributed by atoms with E-state index in [0.717, 1.165) is 71.7 Å². The number of carbonyl (C=O) groups is 2. The highest BCUT2D eigenvalue weighted by atomic mass is 16.6. The molecule has 1 unspecified atom stereocenters. The van der Waals surface area contributed by atoms with Crippen LogP contribution in [0.4, 0.5) is 4.79 Å². The maximum Gasteiger partial charge on any atom is 0.410 e. The number of ether oxygens (including phenoxy) is 1. The van der Waals surface area contributed by atoms with Crippen LogP contribution < -0.4 is 0 Å². The lowest BCUT2D eigenvalue weighted by Crippen LogP contribution is -2.50. The molecule has 0 radical (unpaired) electrons. The first-order chi connectivity index (χ1) is 15.0. The van der Waals surface area contributed by atoms with Gasteiger partial charge in [0, 0.05) is 45.8 Å². The summed E-state index contributed by atoms with van der Waals surface area (Å²) in [7, 11) is 0. The molecule has 0 aromatic heterocycles. The van der Waals surface area contributed by atoms with Gasteiger partial charge < -0.3 is 14.7 Å². The second-order valence-corrected chi connectivity index (χ2v) is 9.09. The van der Waals surface area contributed by atoms with Gasteiger partial charge in [-0.05, 0) is 37.4 Å². The summed E-state index contributed by atoms with van der Waals surface area (Å²) < 4.78 is 5.64. The molecule has 0 aliphatic carbocycles. The average molecular weight is 431 g/mol. The van der Waals surface area contributed by atoms with Gasteiger partial charge in [-0.3, -0.25) is 19.5 Å². The minimum Gasteiger partial charge on any atom is -0.480 e. The minimum atomic E-state index is -0.778. The van der Waals surface area contributed by atoms with Gasteiger partial charge in [-0.15, -0.1) is 0 Å². The van der Waals surface area contributed by atoms with Crippen LogP contribution in [0.25, 0.3) is 0 Å². The van der Waals surface area contributed by atoms with Crippen molar-refractivity contribution in [2.75, 3.05) is 65.4 Å². The number of piperazine rings is 1. The van der Waals surface area contributed by atoms with Gasteiger partial charge in [0.2, 0.25) is 0 Å². The van der Waals surface area contributed by atoms with Gasteiger partial charge >= 0.3 is 12.1 Å². The molecule has 170 valence electrons. The number of amides is 1. The van der Waals surface area contributed by atoms with Crippen LogP contribution in [0.5, 0.6) is 0 Å². The van der Waals surface area contributed by atoms with Crippen LogP contribution in [-0.4, -0.2) is 108 Å². The molecular weight excluding hydrogens is 396 g/mol. The van der Waals surface area contributed by atoms with Crippen molar-refractivity contribution in [3.8, 4) is 0 Å². The fourth-order valence-electron chi connectivity index (χ4n) is 4.91. The fraction of sp³-hybridized carbons (Fsp3) is 0.652. The molecule has 4 rings (SSSR count). The number of rotatable bonds is 8. The van der Waals surface area contributed by atoms with E-state index in [1.54, 1.807) is 0 Å². The Labute approximate surface area is 184 Å². The molecule has 0 spiro atoms. The highest BCUT2D eigenvalue weighted by molar-refractivity contribution is 5.70. The molecule has 8 nitrogen and oxygen atoms in total. The second-order valence-electron chi connectivity index (χ2n) is 9.09. The summed E-state index contributed by atoms with van der Waals surface area (Å²) in [5.41, 5.74) is 1.36. The number of likely N-dealkylation sites (tertiary alicyclic amines) is 1. The molecule has 1 atom stereocenters. The third-order valence-corrected chi connectivity index (χ3v) is 6.67. The van der Waals surface area contributed by atoms with E-state index >= 15 is 0 Å². The number of nitrogens with zero attached hydrogens (tertiary/aromatic N) is 4. The summed E-state index contributed by atoms with van der Waals surface area (Å²) in [5, 5.41) is 8.91. The van der Waals surface area contributed by atoms with E-state index in [0.29, 0.717) is 12.5 Å². The highest BCUT2D eigenvalue weighted by Crippen LogP contribution is 2.23. The quantitative estimate of drug-likeness (QED) is 0.668. The van der Waals surface area contributed by atoms with Crippen molar-refractivity contribution in [3.05, 3.63) is 35.9 Å². The first kappa shape index (κ1) is 22.0. The zero-order chi connectivity index (χ0) is 21.6. The summed E-state index contributed by atoms with van der Waals surface area (Å²) in [6.45, 7) is 8.58. The third kappa shape index (κ3) is 6.41. The zero-order valence-electron chi connectivity index (χ0n) is 18.2. The van der Waals surface area contributed by atoms with E-state index in [-0.39, 0.29) is 18.7 Å². The van der Waals surface area contributed by atoms with E-state index in [1.165, 1.54) is 5.56 Å². The van der Waals surface area contributed by atoms with Crippen LogP contribution in [0.2, 0.25) is 0 Å². The monoisotopic (exact) mass is 430 g/mol. The number of hydrogen-bond acceptors (Lipinski definition) is 6. The Kier molecular flexibility index (Phi) is 7.42. The van der Waals surface area contributed by atoms with E-state index in [4.69, 9.17) is 9.84 Å². The molecule has 1 amide bonds. The zero-order valence-corrected chi connectivity index (χ0v) is 18.2. The van der Waals surface area contributed by atoms with Gasteiger partial charge in [-0.1, -0.05) is 30.3 Å². The maximum atomic E-state index is 12.4. The number of cyclic esters (lactones) is 1. The Morgan fingerprint density at radius 3 is 2.29 bits per heavy atom. The molecule has 3 fully saturated rings. The van der Waals surface area contributed by atoms with Crippen molar-refractivity contribution in [1.29, 1.82) is 0 Å². The van der Waals surface area contributed by atoms with Gasteiger partial charge in [0.05, 0.1) is 13.1 Å². The van der Waals surface area contributed by atoms with Crippen LogP contribution in [0.15, 0.2) is 30.3 Å². The lowest BCUT2D eigenvalue weighted by Gasteiger charge is -2.34. The molecule has 8 heteroatoms. The fourth-order valence-corrected chi connectivity index (χ4v) is 4.91. The summed E-state index contributed by atoms with van der Waals surface area (Å²) in [6, 6.07) is 10.6. The second kappa shape index (κ2) is 10.4. The SMILES string of the molecule is O=C(O)CN1CCN(CC2CN(CC3CCN(Cc4ccccc4)CC3)C(=O)O2)CC1. The number of piperidine rings is 1. The molecule has 3 saturated heterocycles. The van der Waals surface area contributed by atoms with Crippen LogP contribution in [-0.2, 0) is 16.1 Å². The summed E-state index contributed by atoms with van der Waals surface area (Å²) in [5.74, 6) is -0.238.